The number of hydrogen-bond donors (Lipinski definition) is 2. The van der Waals surface area contributed by atoms with Gasteiger partial charge in [-0.15, -0.1) is 11.3 Å². The van der Waals surface area contributed by atoms with Gasteiger partial charge in [0.1, 0.15) is 11.9 Å². The summed E-state index contributed by atoms with van der Waals surface area (Å²) in [5, 5.41) is 24.0. The Morgan fingerprint density at radius 2 is 1.89 bits per heavy atom. The third-order valence-corrected chi connectivity index (χ3v) is 7.60. The van der Waals surface area contributed by atoms with E-state index in [0.29, 0.717) is 11.3 Å². The summed E-state index contributed by atoms with van der Waals surface area (Å²) in [7, 11) is 0. The summed E-state index contributed by atoms with van der Waals surface area (Å²) in [4.78, 5) is 30.2. The molecule has 0 bridgehead atoms. The second-order valence-electron chi connectivity index (χ2n) is 10.2. The fraction of sp³-hybridized carbons (Fsp3) is 0.593. The number of aliphatic hydroxyl groups excluding tert-OH is 2. The van der Waals surface area contributed by atoms with Crippen molar-refractivity contribution in [2.24, 2.45) is 17.3 Å². The summed E-state index contributed by atoms with van der Waals surface area (Å²) in [5.74, 6) is -2.85. The standard InChI is InChI=1S/C27H36F3NO5S/c1-15-8-7-9-19(27(28,29)30)10-11-21(16(2)12-20-14-37-18(4)31-20)36-23(33)13-22(32)26(5,6)25(35)17(3)24(15)34/h7-8,10,12,14-15,17,21-22,24,32,34H,9,11,13H2,1-6H3/b8-7+,16-12?,19-10-/t15-,17+,21-,22-,24-/m0/s1. The van der Waals surface area contributed by atoms with E-state index in [1.807, 2.05) is 6.92 Å². The van der Waals surface area contributed by atoms with E-state index in [4.69, 9.17) is 4.74 Å². The van der Waals surface area contributed by atoms with E-state index in [2.05, 4.69) is 4.98 Å². The molecule has 206 valence electrons. The predicted molar refractivity (Wildman–Crippen MR) is 137 cm³/mol. The first-order valence-electron chi connectivity index (χ1n) is 12.2. The Hall–Kier alpha value is -2.30. The molecule has 0 radical (unpaired) electrons. The number of rotatable bonds is 2. The van der Waals surface area contributed by atoms with Crippen molar-refractivity contribution in [3.05, 3.63) is 45.5 Å². The van der Waals surface area contributed by atoms with Crippen LogP contribution in [0.3, 0.4) is 0 Å². The van der Waals surface area contributed by atoms with Crippen molar-refractivity contribution in [1.29, 1.82) is 0 Å². The lowest BCUT2D eigenvalue weighted by atomic mass is 9.73. The molecule has 5 atom stereocenters. The molecule has 2 N–H and O–H groups in total. The second-order valence-corrected chi connectivity index (χ2v) is 11.3. The first-order chi connectivity index (χ1) is 17.0. The zero-order valence-corrected chi connectivity index (χ0v) is 22.8. The molecule has 1 aliphatic heterocycles. The molecule has 0 fully saturated rings. The Labute approximate surface area is 219 Å². The highest BCUT2D eigenvalue weighted by Crippen LogP contribution is 2.33. The number of carbonyl (C=O) groups is 2. The Bertz CT molecular complexity index is 1060. The molecule has 0 amide bonds. The molecular weight excluding hydrogens is 507 g/mol. The Morgan fingerprint density at radius 3 is 2.46 bits per heavy atom. The van der Waals surface area contributed by atoms with Gasteiger partial charge in [0.05, 0.1) is 34.7 Å². The average Bonchev–Trinajstić information content (AvgIpc) is 3.21. The van der Waals surface area contributed by atoms with Crippen molar-refractivity contribution in [2.75, 3.05) is 0 Å². The lowest BCUT2D eigenvalue weighted by Crippen LogP contribution is -2.45. The number of ketones is 1. The number of hydrogen-bond acceptors (Lipinski definition) is 7. The third-order valence-electron chi connectivity index (χ3n) is 6.81. The van der Waals surface area contributed by atoms with Crippen LogP contribution in [0.15, 0.2) is 34.8 Å². The molecule has 2 heterocycles. The third kappa shape index (κ3) is 8.35. The van der Waals surface area contributed by atoms with Crippen LogP contribution in [0.1, 0.15) is 64.6 Å². The molecule has 0 aliphatic carbocycles. The number of allylic oxidation sites excluding steroid dienone is 2. The number of halogens is 3. The van der Waals surface area contributed by atoms with Gasteiger partial charge in [-0.25, -0.2) is 4.98 Å². The Morgan fingerprint density at radius 1 is 1.24 bits per heavy atom. The molecule has 0 unspecified atom stereocenters. The van der Waals surface area contributed by atoms with Gasteiger partial charge in [-0.3, -0.25) is 9.59 Å². The molecule has 0 saturated heterocycles. The zero-order valence-electron chi connectivity index (χ0n) is 22.0. The number of esters is 1. The molecule has 0 saturated carbocycles. The number of thiazole rings is 1. The summed E-state index contributed by atoms with van der Waals surface area (Å²) in [6.07, 6.45) is -4.04. The summed E-state index contributed by atoms with van der Waals surface area (Å²) >= 11 is 1.41. The minimum atomic E-state index is -4.61. The van der Waals surface area contributed by atoms with Crippen LogP contribution in [-0.4, -0.2) is 51.4 Å². The van der Waals surface area contributed by atoms with E-state index >= 15 is 0 Å². The van der Waals surface area contributed by atoms with E-state index in [1.165, 1.54) is 44.3 Å². The number of nitrogens with zero attached hydrogens (tertiary/aromatic N) is 1. The fourth-order valence-corrected chi connectivity index (χ4v) is 4.74. The maximum absolute atomic E-state index is 13.8. The molecule has 1 aromatic heterocycles. The molecule has 0 spiro atoms. The normalized spacial score (nSPS) is 31.4. The molecule has 37 heavy (non-hydrogen) atoms. The minimum absolute atomic E-state index is 0.243. The highest BCUT2D eigenvalue weighted by Gasteiger charge is 2.42. The van der Waals surface area contributed by atoms with Crippen molar-refractivity contribution in [2.45, 2.75) is 85.3 Å². The lowest BCUT2D eigenvalue weighted by Gasteiger charge is -2.34. The second kappa shape index (κ2) is 12.5. The van der Waals surface area contributed by atoms with Crippen molar-refractivity contribution in [3.63, 3.8) is 0 Å². The Kier molecular flexibility index (Phi) is 10.4. The van der Waals surface area contributed by atoms with Crippen LogP contribution in [0.2, 0.25) is 0 Å². The lowest BCUT2D eigenvalue weighted by molar-refractivity contribution is -0.154. The van der Waals surface area contributed by atoms with E-state index < -0.39 is 71.9 Å². The van der Waals surface area contributed by atoms with Gasteiger partial charge in [0.15, 0.2) is 0 Å². The number of cyclic esters (lactones) is 1. The minimum Gasteiger partial charge on any atom is -0.457 e. The predicted octanol–water partition coefficient (Wildman–Crippen LogP) is 5.58. The van der Waals surface area contributed by atoms with Gasteiger partial charge >= 0.3 is 12.1 Å². The number of carbonyl (C=O) groups excluding carboxylic acids is 2. The van der Waals surface area contributed by atoms with Crippen LogP contribution in [0.5, 0.6) is 0 Å². The molecule has 2 rings (SSSR count). The average molecular weight is 544 g/mol. The summed E-state index contributed by atoms with van der Waals surface area (Å²) in [5.41, 5.74) is -1.11. The number of aromatic nitrogens is 1. The molecule has 0 aromatic carbocycles. The van der Waals surface area contributed by atoms with Gasteiger partial charge in [0.2, 0.25) is 0 Å². The van der Waals surface area contributed by atoms with E-state index in [-0.39, 0.29) is 6.42 Å². The molecule has 1 aliphatic rings. The van der Waals surface area contributed by atoms with Crippen molar-refractivity contribution in [3.8, 4) is 0 Å². The SMILES string of the molecule is CC(=Cc1csc(C)n1)[C@@H]1C/C=C(\C(F)(F)F)C/C=C/[C@H](C)[C@H](O)[C@@H](C)C(=O)C(C)(C)[C@@H](O)CC(=O)O1. The molecular formula is C27H36F3NO5S. The van der Waals surface area contributed by atoms with E-state index in [9.17, 15) is 33.0 Å². The van der Waals surface area contributed by atoms with E-state index in [1.54, 1.807) is 25.3 Å². The van der Waals surface area contributed by atoms with Gasteiger partial charge < -0.3 is 14.9 Å². The highest BCUT2D eigenvalue weighted by molar-refractivity contribution is 7.09. The van der Waals surface area contributed by atoms with Crippen molar-refractivity contribution < 1.29 is 37.7 Å². The van der Waals surface area contributed by atoms with Crippen LogP contribution in [0.4, 0.5) is 13.2 Å². The first-order valence-corrected chi connectivity index (χ1v) is 13.0. The van der Waals surface area contributed by atoms with Gasteiger partial charge in [-0.05, 0) is 31.9 Å². The van der Waals surface area contributed by atoms with Crippen LogP contribution >= 0.6 is 11.3 Å². The van der Waals surface area contributed by atoms with Crippen LogP contribution in [-0.2, 0) is 14.3 Å². The number of alkyl halides is 3. The van der Waals surface area contributed by atoms with Gasteiger partial charge in [-0.1, -0.05) is 45.9 Å². The topological polar surface area (TPSA) is 96.7 Å². The van der Waals surface area contributed by atoms with Crippen LogP contribution < -0.4 is 0 Å². The van der Waals surface area contributed by atoms with Gasteiger partial charge in [-0.2, -0.15) is 13.2 Å². The van der Waals surface area contributed by atoms with Crippen LogP contribution in [0.25, 0.3) is 6.08 Å². The number of aryl methyl sites for hydroxylation is 1. The largest absolute Gasteiger partial charge is 0.457 e. The quantitative estimate of drug-likeness (QED) is 0.373. The smallest absolute Gasteiger partial charge is 0.412 e. The van der Waals surface area contributed by atoms with Crippen molar-refractivity contribution in [1.82, 2.24) is 4.98 Å². The monoisotopic (exact) mass is 543 g/mol. The fourth-order valence-electron chi connectivity index (χ4n) is 4.17. The van der Waals surface area contributed by atoms with Gasteiger partial charge in [0, 0.05) is 29.2 Å². The summed E-state index contributed by atoms with van der Waals surface area (Å²) in [6.45, 7) is 9.55. The summed E-state index contributed by atoms with van der Waals surface area (Å²) in [6, 6.07) is 0. The molecule has 10 heteroatoms. The van der Waals surface area contributed by atoms with Crippen molar-refractivity contribution >= 4 is 29.2 Å². The number of aliphatic hydroxyl groups is 2. The van der Waals surface area contributed by atoms with E-state index in [0.717, 1.165) is 11.1 Å². The highest BCUT2D eigenvalue weighted by atomic mass is 32.1. The first kappa shape index (κ1) is 30.9. The maximum Gasteiger partial charge on any atom is 0.412 e. The maximum atomic E-state index is 13.8. The number of ether oxygens (including phenoxy) is 1. The summed E-state index contributed by atoms with van der Waals surface area (Å²) < 4.78 is 46.8. The number of Topliss-reactive ketones (excluding diaryl/α,β-unsaturated/α-hetero) is 1. The van der Waals surface area contributed by atoms with Crippen LogP contribution in [0, 0.1) is 24.2 Å². The zero-order chi connectivity index (χ0) is 28.1. The molecule has 6 nitrogen and oxygen atoms in total. The Balaban J connectivity index is 2.50. The van der Waals surface area contributed by atoms with Gasteiger partial charge in [0.25, 0.3) is 0 Å². The molecule has 1 aromatic rings.